The Kier molecular flexibility index (Phi) is 5.78. The van der Waals surface area contributed by atoms with Gasteiger partial charge in [0.1, 0.15) is 0 Å². The first-order valence-electron chi connectivity index (χ1n) is 9.16. The quantitative estimate of drug-likeness (QED) is 0.752. The van der Waals surface area contributed by atoms with E-state index >= 15 is 0 Å². The van der Waals surface area contributed by atoms with E-state index in [1.165, 1.54) is 0 Å². The van der Waals surface area contributed by atoms with E-state index in [0.717, 1.165) is 10.9 Å². The van der Waals surface area contributed by atoms with Crippen molar-refractivity contribution < 1.29 is 23.9 Å². The van der Waals surface area contributed by atoms with E-state index in [2.05, 4.69) is 0 Å². The second-order valence-electron chi connectivity index (χ2n) is 6.65. The Labute approximate surface area is 157 Å². The molecule has 7 nitrogen and oxygen atoms in total. The SMILES string of the molecule is CCOC(=O)C1CCN(C(=O)COC(=O)c2cn(C)c3ccccc23)CC1. The number of carbonyl (C=O) groups excluding carboxylic acids is 3. The number of hydrogen-bond acceptors (Lipinski definition) is 5. The minimum absolute atomic E-state index is 0.160. The lowest BCUT2D eigenvalue weighted by molar-refractivity contribution is -0.151. The van der Waals surface area contributed by atoms with Crippen LogP contribution in [0, 0.1) is 5.92 Å². The van der Waals surface area contributed by atoms with Crippen LogP contribution in [0.4, 0.5) is 0 Å². The summed E-state index contributed by atoms with van der Waals surface area (Å²) in [6.07, 6.45) is 2.85. The number of benzene rings is 1. The first-order valence-corrected chi connectivity index (χ1v) is 9.16. The largest absolute Gasteiger partial charge is 0.466 e. The van der Waals surface area contributed by atoms with Gasteiger partial charge in [0.05, 0.1) is 18.1 Å². The first kappa shape index (κ1) is 18.9. The summed E-state index contributed by atoms with van der Waals surface area (Å²) in [4.78, 5) is 38.1. The number of aryl methyl sites for hydroxylation is 1. The highest BCUT2D eigenvalue weighted by Gasteiger charge is 2.28. The molecule has 1 aromatic carbocycles. The monoisotopic (exact) mass is 372 g/mol. The maximum atomic E-state index is 12.4. The summed E-state index contributed by atoms with van der Waals surface area (Å²) < 4.78 is 12.1. The summed E-state index contributed by atoms with van der Waals surface area (Å²) in [5, 5.41) is 0.799. The van der Waals surface area contributed by atoms with E-state index < -0.39 is 5.97 Å². The highest BCUT2D eigenvalue weighted by atomic mass is 16.5. The molecule has 2 aromatic rings. The third-order valence-electron chi connectivity index (χ3n) is 4.91. The molecule has 1 aliphatic rings. The first-order chi connectivity index (χ1) is 13.0. The lowest BCUT2D eigenvalue weighted by atomic mass is 9.97. The molecule has 0 N–H and O–H groups in total. The van der Waals surface area contributed by atoms with Crippen molar-refractivity contribution in [2.24, 2.45) is 13.0 Å². The summed E-state index contributed by atoms with van der Waals surface area (Å²) in [5.41, 5.74) is 1.37. The maximum Gasteiger partial charge on any atom is 0.340 e. The van der Waals surface area contributed by atoms with Crippen molar-refractivity contribution in [1.82, 2.24) is 9.47 Å². The van der Waals surface area contributed by atoms with Crippen molar-refractivity contribution in [3.05, 3.63) is 36.0 Å². The van der Waals surface area contributed by atoms with Gasteiger partial charge in [-0.15, -0.1) is 0 Å². The number of likely N-dealkylation sites (tertiary alicyclic amines) is 1. The standard InChI is InChI=1S/C20H24N2O5/c1-3-26-19(24)14-8-10-22(11-9-14)18(23)13-27-20(25)16-12-21(2)17-7-5-4-6-15(16)17/h4-7,12,14H,3,8-11,13H2,1-2H3. The number of para-hydroxylation sites is 1. The van der Waals surface area contributed by atoms with Crippen LogP contribution in [0.25, 0.3) is 10.9 Å². The molecule has 0 unspecified atom stereocenters. The van der Waals surface area contributed by atoms with E-state index in [0.29, 0.717) is 38.1 Å². The van der Waals surface area contributed by atoms with Gasteiger partial charge in [0, 0.05) is 37.2 Å². The summed E-state index contributed by atoms with van der Waals surface area (Å²) in [7, 11) is 1.86. The Morgan fingerprint density at radius 2 is 1.81 bits per heavy atom. The summed E-state index contributed by atoms with van der Waals surface area (Å²) >= 11 is 0. The number of aromatic nitrogens is 1. The molecule has 2 heterocycles. The van der Waals surface area contributed by atoms with Crippen molar-refractivity contribution >= 4 is 28.7 Å². The lowest BCUT2D eigenvalue weighted by Gasteiger charge is -2.30. The van der Waals surface area contributed by atoms with Crippen LogP contribution in [0.3, 0.4) is 0 Å². The number of ether oxygens (including phenoxy) is 2. The maximum absolute atomic E-state index is 12.4. The predicted molar refractivity (Wildman–Crippen MR) is 99.1 cm³/mol. The average molecular weight is 372 g/mol. The fourth-order valence-electron chi connectivity index (χ4n) is 3.43. The minimum atomic E-state index is -0.512. The highest BCUT2D eigenvalue weighted by molar-refractivity contribution is 6.04. The normalized spacial score (nSPS) is 15.0. The molecule has 0 aliphatic carbocycles. The molecule has 1 saturated heterocycles. The topological polar surface area (TPSA) is 77.8 Å². The van der Waals surface area contributed by atoms with Gasteiger partial charge >= 0.3 is 11.9 Å². The van der Waals surface area contributed by atoms with Crippen LogP contribution in [-0.2, 0) is 26.1 Å². The van der Waals surface area contributed by atoms with Gasteiger partial charge in [0.15, 0.2) is 6.61 Å². The van der Waals surface area contributed by atoms with E-state index in [1.54, 1.807) is 18.0 Å². The average Bonchev–Trinajstić information content (AvgIpc) is 3.03. The van der Waals surface area contributed by atoms with Crippen LogP contribution >= 0.6 is 0 Å². The molecule has 0 bridgehead atoms. The second-order valence-corrected chi connectivity index (χ2v) is 6.65. The van der Waals surface area contributed by atoms with Crippen molar-refractivity contribution in [2.45, 2.75) is 19.8 Å². The number of fused-ring (bicyclic) bond motifs is 1. The van der Waals surface area contributed by atoms with Gasteiger partial charge in [-0.05, 0) is 25.8 Å². The molecule has 0 atom stereocenters. The smallest absolute Gasteiger partial charge is 0.340 e. The number of nitrogens with zero attached hydrogens (tertiary/aromatic N) is 2. The summed E-state index contributed by atoms with van der Waals surface area (Å²) in [5.74, 6) is -1.12. The molecule has 1 aliphatic heterocycles. The molecule has 0 spiro atoms. The van der Waals surface area contributed by atoms with E-state index in [-0.39, 0.29) is 24.4 Å². The molecule has 7 heteroatoms. The highest BCUT2D eigenvalue weighted by Crippen LogP contribution is 2.22. The van der Waals surface area contributed by atoms with Gasteiger partial charge in [0.2, 0.25) is 0 Å². The minimum Gasteiger partial charge on any atom is -0.466 e. The molecular weight excluding hydrogens is 348 g/mol. The van der Waals surface area contributed by atoms with Crippen molar-refractivity contribution in [1.29, 1.82) is 0 Å². The van der Waals surface area contributed by atoms with E-state index in [1.807, 2.05) is 35.9 Å². The Morgan fingerprint density at radius 3 is 2.52 bits per heavy atom. The van der Waals surface area contributed by atoms with Gasteiger partial charge in [-0.3, -0.25) is 9.59 Å². The zero-order valence-electron chi connectivity index (χ0n) is 15.6. The van der Waals surface area contributed by atoms with Crippen LogP contribution in [0.15, 0.2) is 30.5 Å². The number of amides is 1. The van der Waals surface area contributed by atoms with Crippen molar-refractivity contribution in [3.8, 4) is 0 Å². The Morgan fingerprint density at radius 1 is 1.11 bits per heavy atom. The van der Waals surface area contributed by atoms with E-state index in [4.69, 9.17) is 9.47 Å². The second kappa shape index (κ2) is 8.24. The zero-order chi connectivity index (χ0) is 19.4. The molecule has 3 rings (SSSR count). The van der Waals surface area contributed by atoms with Gasteiger partial charge in [-0.25, -0.2) is 4.79 Å². The number of carbonyl (C=O) groups is 3. The van der Waals surface area contributed by atoms with Gasteiger partial charge in [0.25, 0.3) is 5.91 Å². The van der Waals surface area contributed by atoms with Gasteiger partial charge in [-0.2, -0.15) is 0 Å². The molecule has 0 radical (unpaired) electrons. The summed E-state index contributed by atoms with van der Waals surface area (Å²) in [6.45, 7) is 2.78. The van der Waals surface area contributed by atoms with Crippen LogP contribution in [0.2, 0.25) is 0 Å². The van der Waals surface area contributed by atoms with E-state index in [9.17, 15) is 14.4 Å². The van der Waals surface area contributed by atoms with Gasteiger partial charge < -0.3 is 18.9 Å². The fourth-order valence-corrected chi connectivity index (χ4v) is 3.43. The number of esters is 2. The molecule has 1 aromatic heterocycles. The lowest BCUT2D eigenvalue weighted by Crippen LogP contribution is -2.42. The van der Waals surface area contributed by atoms with Gasteiger partial charge in [-0.1, -0.05) is 18.2 Å². The number of hydrogen-bond donors (Lipinski definition) is 0. The number of rotatable bonds is 5. The fraction of sp³-hybridized carbons (Fsp3) is 0.450. The molecule has 144 valence electrons. The Balaban J connectivity index is 1.53. The molecule has 0 saturated carbocycles. The summed E-state index contributed by atoms with van der Waals surface area (Å²) in [6, 6.07) is 7.54. The molecular formula is C20H24N2O5. The molecule has 27 heavy (non-hydrogen) atoms. The van der Waals surface area contributed by atoms with Crippen LogP contribution in [0.5, 0.6) is 0 Å². The Hall–Kier alpha value is -2.83. The third kappa shape index (κ3) is 4.13. The number of piperidine rings is 1. The van der Waals surface area contributed by atoms with Crippen molar-refractivity contribution in [3.63, 3.8) is 0 Å². The predicted octanol–water partition coefficient (Wildman–Crippen LogP) is 2.14. The molecule has 1 amide bonds. The zero-order valence-corrected chi connectivity index (χ0v) is 15.6. The third-order valence-corrected chi connectivity index (χ3v) is 4.91. The van der Waals surface area contributed by atoms with Crippen molar-refractivity contribution in [2.75, 3.05) is 26.3 Å². The van der Waals surface area contributed by atoms with Crippen LogP contribution < -0.4 is 0 Å². The van der Waals surface area contributed by atoms with Crippen LogP contribution in [-0.4, -0.2) is 53.6 Å². The van der Waals surface area contributed by atoms with Crippen LogP contribution in [0.1, 0.15) is 30.1 Å². The Bertz CT molecular complexity index is 849. The molecule has 1 fully saturated rings.